The van der Waals surface area contributed by atoms with Crippen LogP contribution in [0.5, 0.6) is 0 Å². The predicted octanol–water partition coefficient (Wildman–Crippen LogP) is 3.89. The molecule has 28 heavy (non-hydrogen) atoms. The van der Waals surface area contributed by atoms with Crippen LogP contribution in [0.4, 0.5) is 0 Å². The van der Waals surface area contributed by atoms with Crippen molar-refractivity contribution in [3.63, 3.8) is 0 Å². The molecule has 2 aliphatic rings. The normalized spacial score (nSPS) is 22.6. The summed E-state index contributed by atoms with van der Waals surface area (Å²) >= 11 is 0. The maximum Gasteiger partial charge on any atom is 0.259 e. The van der Waals surface area contributed by atoms with E-state index >= 15 is 0 Å². The minimum absolute atomic E-state index is 0.0408. The first-order valence-corrected chi connectivity index (χ1v) is 10.4. The van der Waals surface area contributed by atoms with Gasteiger partial charge in [-0.05, 0) is 42.6 Å². The maximum absolute atomic E-state index is 13.6. The molecule has 1 aliphatic heterocycles. The zero-order valence-electron chi connectivity index (χ0n) is 17.7. The van der Waals surface area contributed by atoms with Gasteiger partial charge in [0.1, 0.15) is 0 Å². The SMILES string of the molecule is CC(C)(C)Cc1noc2nc(C3CC3)cc(C(=O)N3CCC(N)C(C)(C)C3)c12. The summed E-state index contributed by atoms with van der Waals surface area (Å²) in [5.41, 5.74) is 9.21. The molecule has 1 aliphatic carbocycles. The van der Waals surface area contributed by atoms with Crippen LogP contribution >= 0.6 is 0 Å². The third-order valence-electron chi connectivity index (χ3n) is 6.06. The average molecular weight is 385 g/mol. The molecule has 2 N–H and O–H groups in total. The first-order valence-electron chi connectivity index (χ1n) is 10.4. The van der Waals surface area contributed by atoms with Crippen LogP contribution in [-0.2, 0) is 6.42 Å². The number of fused-ring (bicyclic) bond motifs is 1. The van der Waals surface area contributed by atoms with Gasteiger partial charge in [0.25, 0.3) is 11.6 Å². The molecule has 3 heterocycles. The molecule has 1 atom stereocenters. The number of piperidine rings is 1. The second-order valence-electron chi connectivity index (χ2n) is 10.5. The van der Waals surface area contributed by atoms with Crippen molar-refractivity contribution < 1.29 is 9.32 Å². The lowest BCUT2D eigenvalue weighted by atomic mass is 9.79. The molecular formula is C22H32N4O2. The summed E-state index contributed by atoms with van der Waals surface area (Å²) in [5.74, 6) is 0.492. The largest absolute Gasteiger partial charge is 0.338 e. The van der Waals surface area contributed by atoms with E-state index in [-0.39, 0.29) is 22.8 Å². The molecule has 2 aromatic heterocycles. The van der Waals surface area contributed by atoms with Gasteiger partial charge in [-0.2, -0.15) is 0 Å². The fraction of sp³-hybridized carbons (Fsp3) is 0.682. The van der Waals surface area contributed by atoms with E-state index in [1.807, 2.05) is 11.0 Å². The molecule has 6 heteroatoms. The first kappa shape index (κ1) is 19.4. The summed E-state index contributed by atoms with van der Waals surface area (Å²) in [6.45, 7) is 12.1. The molecule has 1 saturated carbocycles. The van der Waals surface area contributed by atoms with Crippen molar-refractivity contribution in [3.05, 3.63) is 23.0 Å². The molecule has 0 aromatic carbocycles. The minimum atomic E-state index is -0.0950. The van der Waals surface area contributed by atoms with Crippen molar-refractivity contribution in [3.8, 4) is 0 Å². The van der Waals surface area contributed by atoms with Crippen LogP contribution in [0.25, 0.3) is 11.1 Å². The summed E-state index contributed by atoms with van der Waals surface area (Å²) in [6, 6.07) is 2.11. The third kappa shape index (κ3) is 3.66. The molecule has 2 aromatic rings. The highest BCUT2D eigenvalue weighted by Gasteiger charge is 2.37. The summed E-state index contributed by atoms with van der Waals surface area (Å²) in [5, 5.41) is 5.09. The molecule has 1 saturated heterocycles. The van der Waals surface area contributed by atoms with Gasteiger partial charge in [0.2, 0.25) is 0 Å². The lowest BCUT2D eigenvalue weighted by Crippen LogP contribution is -2.54. The van der Waals surface area contributed by atoms with Crippen LogP contribution < -0.4 is 5.73 Å². The van der Waals surface area contributed by atoms with Crippen molar-refractivity contribution in [2.45, 2.75) is 72.3 Å². The molecule has 152 valence electrons. The maximum atomic E-state index is 13.6. The Morgan fingerprint density at radius 3 is 2.64 bits per heavy atom. The van der Waals surface area contributed by atoms with Crippen molar-refractivity contribution in [2.24, 2.45) is 16.6 Å². The molecule has 1 unspecified atom stereocenters. The number of pyridine rings is 1. The highest BCUT2D eigenvalue weighted by Crippen LogP contribution is 2.41. The number of nitrogens with two attached hydrogens (primary N) is 1. The lowest BCUT2D eigenvalue weighted by molar-refractivity contribution is 0.0534. The molecule has 0 bridgehead atoms. The molecule has 6 nitrogen and oxygen atoms in total. The van der Waals surface area contributed by atoms with Gasteiger partial charge in [-0.15, -0.1) is 0 Å². The monoisotopic (exact) mass is 384 g/mol. The number of hydrogen-bond acceptors (Lipinski definition) is 5. The van der Waals surface area contributed by atoms with Crippen LogP contribution in [0, 0.1) is 10.8 Å². The minimum Gasteiger partial charge on any atom is -0.338 e. The Morgan fingerprint density at radius 1 is 1.32 bits per heavy atom. The molecule has 0 radical (unpaired) electrons. The van der Waals surface area contributed by atoms with E-state index in [9.17, 15) is 4.79 Å². The number of hydrogen-bond donors (Lipinski definition) is 1. The summed E-state index contributed by atoms with van der Waals surface area (Å²) in [7, 11) is 0. The van der Waals surface area contributed by atoms with E-state index in [4.69, 9.17) is 15.2 Å². The topological polar surface area (TPSA) is 85.2 Å². The summed E-state index contributed by atoms with van der Waals surface area (Å²) in [6.07, 6.45) is 3.81. The molecule has 4 rings (SSSR count). The standard InChI is InChI=1S/C22H32N4O2/c1-21(2,3)11-16-18-14(10-15(13-6-7-13)24-19(18)28-25-16)20(27)26-9-8-17(23)22(4,5)12-26/h10,13,17H,6-9,11-12,23H2,1-5H3. The Morgan fingerprint density at radius 2 is 2.04 bits per heavy atom. The van der Waals surface area contributed by atoms with E-state index in [1.54, 1.807) is 0 Å². The smallest absolute Gasteiger partial charge is 0.259 e. The molecule has 1 amide bonds. The van der Waals surface area contributed by atoms with Gasteiger partial charge >= 0.3 is 0 Å². The number of rotatable bonds is 3. The van der Waals surface area contributed by atoms with E-state index in [1.165, 1.54) is 0 Å². The van der Waals surface area contributed by atoms with Crippen LogP contribution in [-0.4, -0.2) is 40.1 Å². The quantitative estimate of drug-likeness (QED) is 0.868. The Labute approximate surface area is 166 Å². The van der Waals surface area contributed by atoms with Crippen molar-refractivity contribution in [1.29, 1.82) is 0 Å². The van der Waals surface area contributed by atoms with Crippen LogP contribution in [0.2, 0.25) is 0 Å². The molecule has 0 spiro atoms. The van der Waals surface area contributed by atoms with Crippen molar-refractivity contribution in [1.82, 2.24) is 15.0 Å². The fourth-order valence-electron chi connectivity index (χ4n) is 4.13. The fourth-order valence-corrected chi connectivity index (χ4v) is 4.13. The van der Waals surface area contributed by atoms with Gasteiger partial charge in [-0.3, -0.25) is 4.79 Å². The van der Waals surface area contributed by atoms with Crippen LogP contribution in [0.15, 0.2) is 10.6 Å². The van der Waals surface area contributed by atoms with Gasteiger partial charge < -0.3 is 15.2 Å². The predicted molar refractivity (Wildman–Crippen MR) is 109 cm³/mol. The number of carbonyl (C=O) groups excluding carboxylic acids is 1. The molecular weight excluding hydrogens is 352 g/mol. The first-order chi connectivity index (χ1) is 13.0. The van der Waals surface area contributed by atoms with Crippen molar-refractivity contribution in [2.75, 3.05) is 13.1 Å². The van der Waals surface area contributed by atoms with Gasteiger partial charge in [0, 0.05) is 30.7 Å². The zero-order chi connectivity index (χ0) is 20.3. The third-order valence-corrected chi connectivity index (χ3v) is 6.06. The Balaban J connectivity index is 1.77. The van der Waals surface area contributed by atoms with Crippen LogP contribution in [0.3, 0.4) is 0 Å². The zero-order valence-corrected chi connectivity index (χ0v) is 17.7. The Hall–Kier alpha value is -1.95. The average Bonchev–Trinajstić information content (AvgIpc) is 3.38. The van der Waals surface area contributed by atoms with Gasteiger partial charge in [0.15, 0.2) is 0 Å². The Bertz CT molecular complexity index is 905. The van der Waals surface area contributed by atoms with Gasteiger partial charge in [0.05, 0.1) is 16.6 Å². The number of likely N-dealkylation sites (tertiary alicyclic amines) is 1. The van der Waals surface area contributed by atoms with E-state index in [2.05, 4.69) is 39.8 Å². The Kier molecular flexibility index (Phi) is 4.53. The second kappa shape index (κ2) is 6.55. The van der Waals surface area contributed by atoms with E-state index in [0.717, 1.165) is 42.5 Å². The highest BCUT2D eigenvalue weighted by atomic mass is 16.5. The van der Waals surface area contributed by atoms with Crippen LogP contribution in [0.1, 0.15) is 81.5 Å². The summed E-state index contributed by atoms with van der Waals surface area (Å²) < 4.78 is 5.60. The highest BCUT2D eigenvalue weighted by molar-refractivity contribution is 6.06. The lowest BCUT2D eigenvalue weighted by Gasteiger charge is -2.42. The van der Waals surface area contributed by atoms with E-state index < -0.39 is 0 Å². The second-order valence-corrected chi connectivity index (χ2v) is 10.5. The van der Waals surface area contributed by atoms with Gasteiger partial charge in [-0.1, -0.05) is 39.8 Å². The number of amides is 1. The summed E-state index contributed by atoms with van der Waals surface area (Å²) in [4.78, 5) is 20.3. The number of nitrogens with zero attached hydrogens (tertiary/aromatic N) is 3. The van der Waals surface area contributed by atoms with E-state index in [0.29, 0.717) is 30.3 Å². The number of carbonyl (C=O) groups is 1. The molecule has 2 fully saturated rings. The van der Waals surface area contributed by atoms with Gasteiger partial charge in [-0.25, -0.2) is 4.98 Å². The number of aromatic nitrogens is 2. The van der Waals surface area contributed by atoms with Crippen molar-refractivity contribution >= 4 is 17.0 Å².